The molecule has 0 radical (unpaired) electrons. The van der Waals surface area contributed by atoms with Crippen LogP contribution in [0.25, 0.3) is 0 Å². The number of piperidine rings is 1. The second kappa shape index (κ2) is 6.61. The predicted molar refractivity (Wildman–Crippen MR) is 68.9 cm³/mol. The van der Waals surface area contributed by atoms with E-state index in [4.69, 9.17) is 0 Å². The number of halogens is 2. The molecule has 2 rings (SSSR count). The zero-order valence-corrected chi connectivity index (χ0v) is 10.7. The summed E-state index contributed by atoms with van der Waals surface area (Å²) >= 11 is 0. The molecule has 0 atom stereocenters. The number of hydrogen-bond acceptors (Lipinski definition) is 2. The third-order valence-electron chi connectivity index (χ3n) is 3.47. The van der Waals surface area contributed by atoms with Gasteiger partial charge in [0.15, 0.2) is 0 Å². The zero-order valence-electron chi connectivity index (χ0n) is 10.7. The lowest BCUT2D eigenvalue weighted by molar-refractivity contribution is 0.0946. The first-order valence-electron chi connectivity index (χ1n) is 6.61. The van der Waals surface area contributed by atoms with Crippen LogP contribution >= 0.6 is 0 Å². The van der Waals surface area contributed by atoms with E-state index in [9.17, 15) is 13.6 Å². The van der Waals surface area contributed by atoms with Crippen molar-refractivity contribution in [3.05, 3.63) is 35.4 Å². The van der Waals surface area contributed by atoms with Crippen molar-refractivity contribution in [2.24, 2.45) is 5.92 Å². The van der Waals surface area contributed by atoms with Gasteiger partial charge in [0, 0.05) is 12.6 Å². The van der Waals surface area contributed by atoms with E-state index < -0.39 is 17.5 Å². The Kier molecular flexibility index (Phi) is 4.85. The van der Waals surface area contributed by atoms with E-state index in [1.807, 2.05) is 0 Å². The summed E-state index contributed by atoms with van der Waals surface area (Å²) in [5.74, 6) is -1.37. The summed E-state index contributed by atoms with van der Waals surface area (Å²) in [6.07, 6.45) is 3.12. The Hall–Kier alpha value is -1.49. The molecule has 1 amide bonds. The van der Waals surface area contributed by atoms with Crippen molar-refractivity contribution in [3.63, 3.8) is 0 Å². The lowest BCUT2D eigenvalue weighted by Gasteiger charge is -2.22. The summed E-state index contributed by atoms with van der Waals surface area (Å²) in [4.78, 5) is 11.7. The third-order valence-corrected chi connectivity index (χ3v) is 3.47. The highest BCUT2D eigenvalue weighted by molar-refractivity contribution is 5.94. The molecule has 1 aromatic carbocycles. The molecule has 0 unspecified atom stereocenters. The minimum atomic E-state index is -0.820. The second-order valence-corrected chi connectivity index (χ2v) is 4.86. The van der Waals surface area contributed by atoms with E-state index in [0.717, 1.165) is 44.5 Å². The van der Waals surface area contributed by atoms with Gasteiger partial charge in [-0.2, -0.15) is 0 Å². The first-order valence-corrected chi connectivity index (χ1v) is 6.61. The van der Waals surface area contributed by atoms with E-state index in [2.05, 4.69) is 10.6 Å². The fourth-order valence-corrected chi connectivity index (χ4v) is 2.33. The van der Waals surface area contributed by atoms with Gasteiger partial charge in [0.05, 0.1) is 5.56 Å². The van der Waals surface area contributed by atoms with Crippen LogP contribution in [0.1, 0.15) is 29.6 Å². The Balaban J connectivity index is 1.80. The molecule has 1 fully saturated rings. The van der Waals surface area contributed by atoms with Crippen molar-refractivity contribution < 1.29 is 13.6 Å². The molecule has 3 nitrogen and oxygen atoms in total. The van der Waals surface area contributed by atoms with Gasteiger partial charge in [-0.15, -0.1) is 0 Å². The van der Waals surface area contributed by atoms with Gasteiger partial charge in [0.25, 0.3) is 5.91 Å². The molecule has 104 valence electrons. The highest BCUT2D eigenvalue weighted by atomic mass is 19.1. The van der Waals surface area contributed by atoms with Gasteiger partial charge >= 0.3 is 0 Å². The number of carbonyl (C=O) groups is 1. The zero-order chi connectivity index (χ0) is 13.7. The molecule has 2 N–H and O–H groups in total. The topological polar surface area (TPSA) is 41.1 Å². The number of rotatable bonds is 4. The van der Waals surface area contributed by atoms with Gasteiger partial charge < -0.3 is 10.6 Å². The maximum atomic E-state index is 13.4. The van der Waals surface area contributed by atoms with Gasteiger partial charge in [-0.25, -0.2) is 8.78 Å². The number of carbonyl (C=O) groups excluding carboxylic acids is 1. The Morgan fingerprint density at radius 1 is 1.32 bits per heavy atom. The van der Waals surface area contributed by atoms with Gasteiger partial charge in [-0.05, 0) is 50.4 Å². The molecule has 0 bridgehead atoms. The van der Waals surface area contributed by atoms with E-state index in [0.29, 0.717) is 12.5 Å². The average molecular weight is 268 g/mol. The minimum absolute atomic E-state index is 0.105. The molecule has 1 heterocycles. The summed E-state index contributed by atoms with van der Waals surface area (Å²) in [7, 11) is 0. The molecule has 1 aromatic rings. The van der Waals surface area contributed by atoms with Gasteiger partial charge in [0.1, 0.15) is 11.6 Å². The summed E-state index contributed by atoms with van der Waals surface area (Å²) in [5.41, 5.74) is -0.105. The number of nitrogens with one attached hydrogen (secondary N) is 2. The fraction of sp³-hybridized carbons (Fsp3) is 0.500. The highest BCUT2D eigenvalue weighted by Gasteiger charge is 2.15. The molecule has 0 saturated carbocycles. The average Bonchev–Trinajstić information content (AvgIpc) is 2.39. The first-order chi connectivity index (χ1) is 9.16. The van der Waals surface area contributed by atoms with Crippen LogP contribution in [0.3, 0.4) is 0 Å². The maximum absolute atomic E-state index is 13.4. The van der Waals surface area contributed by atoms with Gasteiger partial charge in [-0.1, -0.05) is 0 Å². The quantitative estimate of drug-likeness (QED) is 0.878. The van der Waals surface area contributed by atoms with Crippen molar-refractivity contribution in [1.82, 2.24) is 10.6 Å². The van der Waals surface area contributed by atoms with Gasteiger partial charge in [-0.3, -0.25) is 4.79 Å². The third kappa shape index (κ3) is 3.99. The second-order valence-electron chi connectivity index (χ2n) is 4.86. The molecular weight excluding hydrogens is 250 g/mol. The highest BCUT2D eigenvalue weighted by Crippen LogP contribution is 2.15. The van der Waals surface area contributed by atoms with Crippen molar-refractivity contribution in [3.8, 4) is 0 Å². The summed E-state index contributed by atoms with van der Waals surface area (Å²) < 4.78 is 26.1. The van der Waals surface area contributed by atoms with Crippen LogP contribution in [-0.4, -0.2) is 25.5 Å². The Morgan fingerprint density at radius 3 is 2.74 bits per heavy atom. The van der Waals surface area contributed by atoms with E-state index in [-0.39, 0.29) is 5.56 Å². The minimum Gasteiger partial charge on any atom is -0.352 e. The van der Waals surface area contributed by atoms with E-state index in [1.54, 1.807) is 0 Å². The van der Waals surface area contributed by atoms with Crippen molar-refractivity contribution in [1.29, 1.82) is 0 Å². The van der Waals surface area contributed by atoms with Crippen LogP contribution in [0, 0.1) is 17.6 Å². The van der Waals surface area contributed by atoms with Crippen LogP contribution in [-0.2, 0) is 0 Å². The van der Waals surface area contributed by atoms with E-state index in [1.165, 1.54) is 6.07 Å². The smallest absolute Gasteiger partial charge is 0.254 e. The Bertz CT molecular complexity index is 445. The van der Waals surface area contributed by atoms with Gasteiger partial charge in [0.2, 0.25) is 0 Å². The van der Waals surface area contributed by atoms with Crippen molar-refractivity contribution >= 4 is 5.91 Å². The van der Waals surface area contributed by atoms with Crippen LogP contribution in [0.2, 0.25) is 0 Å². The van der Waals surface area contributed by atoms with Crippen LogP contribution in [0.15, 0.2) is 18.2 Å². The van der Waals surface area contributed by atoms with Crippen LogP contribution in [0.4, 0.5) is 8.78 Å². The molecule has 0 aliphatic carbocycles. The molecule has 1 aliphatic rings. The normalized spacial score (nSPS) is 16.3. The van der Waals surface area contributed by atoms with Crippen LogP contribution in [0.5, 0.6) is 0 Å². The lowest BCUT2D eigenvalue weighted by Crippen LogP contribution is -2.31. The van der Waals surface area contributed by atoms with Crippen molar-refractivity contribution in [2.45, 2.75) is 19.3 Å². The first kappa shape index (κ1) is 13.9. The molecule has 0 spiro atoms. The monoisotopic (exact) mass is 268 g/mol. The Morgan fingerprint density at radius 2 is 2.05 bits per heavy atom. The largest absolute Gasteiger partial charge is 0.352 e. The SMILES string of the molecule is O=C(NCCC1CCNCC1)c1ccc(F)cc1F. The van der Waals surface area contributed by atoms with Crippen LogP contribution < -0.4 is 10.6 Å². The van der Waals surface area contributed by atoms with E-state index >= 15 is 0 Å². The fourth-order valence-electron chi connectivity index (χ4n) is 2.33. The lowest BCUT2D eigenvalue weighted by atomic mass is 9.95. The molecule has 19 heavy (non-hydrogen) atoms. The maximum Gasteiger partial charge on any atom is 0.254 e. The summed E-state index contributed by atoms with van der Waals surface area (Å²) in [6.45, 7) is 2.57. The molecule has 1 saturated heterocycles. The number of amides is 1. The Labute approximate surface area is 111 Å². The number of hydrogen-bond donors (Lipinski definition) is 2. The summed E-state index contributed by atoms with van der Waals surface area (Å²) in [6, 6.07) is 2.98. The molecule has 0 aromatic heterocycles. The summed E-state index contributed by atoms with van der Waals surface area (Å²) in [5, 5.41) is 5.96. The standard InChI is InChI=1S/C14H18F2N2O/c15-11-1-2-12(13(16)9-11)14(19)18-8-5-10-3-6-17-7-4-10/h1-2,9-10,17H,3-8H2,(H,18,19). The van der Waals surface area contributed by atoms with Crippen molar-refractivity contribution in [2.75, 3.05) is 19.6 Å². The molecule has 5 heteroatoms. The predicted octanol–water partition coefficient (Wildman–Crippen LogP) is 2.08. The number of benzene rings is 1. The molecule has 1 aliphatic heterocycles. The molecular formula is C14H18F2N2O.